The maximum absolute atomic E-state index is 12.7. The minimum Gasteiger partial charge on any atom is -0.474 e. The number of carbonyl (C=O) groups excluding carboxylic acids is 1. The number of amides is 1. The SMILES string of the molecule is Cc1ccc2c(C(=O)Nc3ccnc(OC4CCN(C)CC4)c3)csc2c1. The Bertz CT molecular complexity index is 961. The van der Waals surface area contributed by atoms with Gasteiger partial charge in [0.15, 0.2) is 0 Å². The summed E-state index contributed by atoms with van der Waals surface area (Å²) < 4.78 is 7.14. The van der Waals surface area contributed by atoms with Gasteiger partial charge in [0, 0.05) is 46.5 Å². The van der Waals surface area contributed by atoms with E-state index in [4.69, 9.17) is 4.74 Å². The van der Waals surface area contributed by atoms with Crippen LogP contribution in [0.3, 0.4) is 0 Å². The lowest BCUT2D eigenvalue weighted by Gasteiger charge is -2.28. The zero-order valence-corrected chi connectivity index (χ0v) is 16.4. The highest BCUT2D eigenvalue weighted by atomic mass is 32.1. The van der Waals surface area contributed by atoms with E-state index in [0.717, 1.165) is 36.0 Å². The van der Waals surface area contributed by atoms with E-state index in [9.17, 15) is 4.79 Å². The van der Waals surface area contributed by atoms with Gasteiger partial charge >= 0.3 is 0 Å². The fraction of sp³-hybridized carbons (Fsp3) is 0.333. The third-order valence-corrected chi connectivity index (χ3v) is 5.87. The van der Waals surface area contributed by atoms with Gasteiger partial charge < -0.3 is 15.0 Å². The molecule has 1 aromatic carbocycles. The summed E-state index contributed by atoms with van der Waals surface area (Å²) in [6, 6.07) is 9.74. The topological polar surface area (TPSA) is 54.5 Å². The van der Waals surface area contributed by atoms with Gasteiger partial charge in [-0.15, -0.1) is 11.3 Å². The molecule has 1 amide bonds. The quantitative estimate of drug-likeness (QED) is 0.731. The van der Waals surface area contributed by atoms with Gasteiger partial charge in [-0.05, 0) is 44.5 Å². The smallest absolute Gasteiger partial charge is 0.257 e. The summed E-state index contributed by atoms with van der Waals surface area (Å²) in [6.45, 7) is 4.12. The van der Waals surface area contributed by atoms with Crippen LogP contribution in [0.25, 0.3) is 10.1 Å². The Labute approximate surface area is 163 Å². The number of ether oxygens (including phenoxy) is 1. The van der Waals surface area contributed by atoms with Gasteiger partial charge in [-0.1, -0.05) is 12.1 Å². The van der Waals surface area contributed by atoms with Crippen molar-refractivity contribution in [3.8, 4) is 5.88 Å². The van der Waals surface area contributed by atoms with Crippen LogP contribution in [-0.2, 0) is 0 Å². The number of carbonyl (C=O) groups is 1. The van der Waals surface area contributed by atoms with E-state index >= 15 is 0 Å². The van der Waals surface area contributed by atoms with Gasteiger partial charge in [0.2, 0.25) is 5.88 Å². The number of pyridine rings is 1. The molecular weight excluding hydrogens is 358 g/mol. The number of fused-ring (bicyclic) bond motifs is 1. The second-order valence-electron chi connectivity index (χ2n) is 7.11. The minimum absolute atomic E-state index is 0.110. The van der Waals surface area contributed by atoms with Gasteiger partial charge in [-0.2, -0.15) is 0 Å². The summed E-state index contributed by atoms with van der Waals surface area (Å²) in [7, 11) is 2.13. The number of rotatable bonds is 4. The minimum atomic E-state index is -0.110. The molecule has 3 heterocycles. The third-order valence-electron chi connectivity index (χ3n) is 4.92. The zero-order valence-electron chi connectivity index (χ0n) is 15.6. The molecule has 2 aromatic heterocycles. The van der Waals surface area contributed by atoms with Crippen molar-refractivity contribution in [2.75, 3.05) is 25.5 Å². The molecular formula is C21H23N3O2S. The predicted octanol–water partition coefficient (Wildman–Crippen LogP) is 4.33. The van der Waals surface area contributed by atoms with E-state index in [1.165, 1.54) is 5.56 Å². The monoisotopic (exact) mass is 381 g/mol. The number of hydrogen-bond donors (Lipinski definition) is 1. The van der Waals surface area contributed by atoms with Crippen molar-refractivity contribution in [3.63, 3.8) is 0 Å². The van der Waals surface area contributed by atoms with Crippen molar-refractivity contribution in [3.05, 3.63) is 53.0 Å². The summed E-state index contributed by atoms with van der Waals surface area (Å²) in [6.07, 6.45) is 3.85. The van der Waals surface area contributed by atoms with E-state index in [1.807, 2.05) is 17.5 Å². The van der Waals surface area contributed by atoms with E-state index in [1.54, 1.807) is 29.7 Å². The van der Waals surface area contributed by atoms with Gasteiger partial charge in [-0.25, -0.2) is 4.98 Å². The molecule has 1 aliphatic rings. The molecule has 3 aromatic rings. The number of nitrogens with one attached hydrogen (secondary N) is 1. The summed E-state index contributed by atoms with van der Waals surface area (Å²) in [4.78, 5) is 19.3. The second kappa shape index (κ2) is 7.66. The molecule has 6 heteroatoms. The Kier molecular flexibility index (Phi) is 5.09. The average molecular weight is 382 g/mol. The fourth-order valence-corrected chi connectivity index (χ4v) is 4.37. The van der Waals surface area contributed by atoms with Crippen molar-refractivity contribution >= 4 is 33.0 Å². The number of aromatic nitrogens is 1. The third kappa shape index (κ3) is 4.12. The number of anilines is 1. The van der Waals surface area contributed by atoms with E-state index in [2.05, 4.69) is 35.2 Å². The Morgan fingerprint density at radius 3 is 2.89 bits per heavy atom. The molecule has 0 spiro atoms. The molecule has 27 heavy (non-hydrogen) atoms. The van der Waals surface area contributed by atoms with Crippen molar-refractivity contribution in [2.24, 2.45) is 0 Å². The van der Waals surface area contributed by atoms with Crippen LogP contribution in [0.15, 0.2) is 41.9 Å². The van der Waals surface area contributed by atoms with Crippen LogP contribution in [-0.4, -0.2) is 42.0 Å². The largest absolute Gasteiger partial charge is 0.474 e. The normalized spacial score (nSPS) is 15.8. The average Bonchev–Trinajstić information content (AvgIpc) is 3.07. The Morgan fingerprint density at radius 2 is 2.07 bits per heavy atom. The van der Waals surface area contributed by atoms with Gasteiger partial charge in [-0.3, -0.25) is 4.79 Å². The standard InChI is InChI=1S/C21H23N3O2S/c1-14-3-4-17-18(13-27-19(17)11-14)21(25)23-15-5-8-22-20(12-15)26-16-6-9-24(2)10-7-16/h3-5,8,11-13,16H,6-7,9-10H2,1-2H3,(H,22,23,25). The molecule has 5 nitrogen and oxygen atoms in total. The first-order valence-corrected chi connectivity index (χ1v) is 10.1. The van der Waals surface area contributed by atoms with Gasteiger partial charge in [0.05, 0.1) is 5.56 Å². The Morgan fingerprint density at radius 1 is 1.26 bits per heavy atom. The van der Waals surface area contributed by atoms with Crippen LogP contribution in [0.5, 0.6) is 5.88 Å². The maximum Gasteiger partial charge on any atom is 0.257 e. The number of thiophene rings is 1. The molecule has 140 valence electrons. The molecule has 1 fully saturated rings. The van der Waals surface area contributed by atoms with Crippen LogP contribution in [0.4, 0.5) is 5.69 Å². The molecule has 0 aliphatic carbocycles. The van der Waals surface area contributed by atoms with Crippen LogP contribution >= 0.6 is 11.3 Å². The van der Waals surface area contributed by atoms with E-state index in [0.29, 0.717) is 17.1 Å². The number of benzene rings is 1. The van der Waals surface area contributed by atoms with Crippen molar-refractivity contribution in [1.82, 2.24) is 9.88 Å². The lowest BCUT2D eigenvalue weighted by Crippen LogP contribution is -2.35. The molecule has 0 atom stereocenters. The predicted molar refractivity (Wildman–Crippen MR) is 110 cm³/mol. The molecule has 0 bridgehead atoms. The molecule has 0 saturated carbocycles. The first-order valence-electron chi connectivity index (χ1n) is 9.19. The van der Waals surface area contributed by atoms with Crippen LogP contribution < -0.4 is 10.1 Å². The van der Waals surface area contributed by atoms with Gasteiger partial charge in [0.1, 0.15) is 6.10 Å². The number of piperidine rings is 1. The summed E-state index contributed by atoms with van der Waals surface area (Å²) in [5.41, 5.74) is 2.59. The van der Waals surface area contributed by atoms with Crippen LogP contribution in [0.2, 0.25) is 0 Å². The van der Waals surface area contributed by atoms with Crippen LogP contribution in [0, 0.1) is 6.92 Å². The highest BCUT2D eigenvalue weighted by molar-refractivity contribution is 7.17. The highest BCUT2D eigenvalue weighted by Gasteiger charge is 2.19. The highest BCUT2D eigenvalue weighted by Crippen LogP contribution is 2.28. The first kappa shape index (κ1) is 17.9. The number of hydrogen-bond acceptors (Lipinski definition) is 5. The first-order chi connectivity index (χ1) is 13.1. The maximum atomic E-state index is 12.7. The lowest BCUT2D eigenvalue weighted by atomic mass is 10.1. The summed E-state index contributed by atoms with van der Waals surface area (Å²) in [5, 5.41) is 5.87. The Hall–Kier alpha value is -2.44. The number of nitrogens with zero attached hydrogens (tertiary/aromatic N) is 2. The van der Waals surface area contributed by atoms with E-state index < -0.39 is 0 Å². The molecule has 0 unspecified atom stereocenters. The molecule has 1 N–H and O–H groups in total. The Balaban J connectivity index is 1.46. The summed E-state index contributed by atoms with van der Waals surface area (Å²) in [5.74, 6) is 0.453. The number of likely N-dealkylation sites (tertiary alicyclic amines) is 1. The molecule has 1 saturated heterocycles. The van der Waals surface area contributed by atoms with Crippen molar-refractivity contribution in [2.45, 2.75) is 25.9 Å². The van der Waals surface area contributed by atoms with E-state index in [-0.39, 0.29) is 12.0 Å². The van der Waals surface area contributed by atoms with Crippen molar-refractivity contribution < 1.29 is 9.53 Å². The lowest BCUT2D eigenvalue weighted by molar-refractivity contribution is 0.102. The molecule has 4 rings (SSSR count). The second-order valence-corrected chi connectivity index (χ2v) is 8.02. The summed E-state index contributed by atoms with van der Waals surface area (Å²) >= 11 is 1.59. The van der Waals surface area contributed by atoms with Crippen molar-refractivity contribution in [1.29, 1.82) is 0 Å². The number of aryl methyl sites for hydroxylation is 1. The fourth-order valence-electron chi connectivity index (χ4n) is 3.33. The zero-order chi connectivity index (χ0) is 18.8. The molecule has 1 aliphatic heterocycles. The molecule has 0 radical (unpaired) electrons. The van der Waals surface area contributed by atoms with Crippen LogP contribution in [0.1, 0.15) is 28.8 Å². The van der Waals surface area contributed by atoms with Gasteiger partial charge in [0.25, 0.3) is 5.91 Å².